The molecule has 0 unspecified atom stereocenters. The number of benzene rings is 5. The monoisotopic (exact) mass is 1030 g/mol. The second-order valence-corrected chi connectivity index (χ2v) is 23.9. The van der Waals surface area contributed by atoms with Crippen LogP contribution in [0.15, 0.2) is 97.1 Å². The van der Waals surface area contributed by atoms with Crippen LogP contribution in [0.25, 0.3) is 0 Å². The van der Waals surface area contributed by atoms with Gasteiger partial charge in [-0.05, 0) is 65.0 Å². The van der Waals surface area contributed by atoms with Crippen molar-refractivity contribution in [2.24, 2.45) is 0 Å². The summed E-state index contributed by atoms with van der Waals surface area (Å²) >= 11 is 0. The second-order valence-electron chi connectivity index (χ2n) is 16.4. The highest BCUT2D eigenvalue weighted by Crippen LogP contribution is 2.49. The van der Waals surface area contributed by atoms with Gasteiger partial charge in [-0.15, -0.1) is 0 Å². The number of anilines is 2. The second kappa shape index (κ2) is 19.7. The smallest absolute Gasteiger partial charge is 0.411 e. The molecule has 27 heteroatoms. The molecular formula is C44H40N6O18S2Si. The van der Waals surface area contributed by atoms with Gasteiger partial charge in [-0.3, -0.25) is 49.6 Å². The number of hydrogen-bond acceptors (Lipinski definition) is 16. The molecule has 370 valence electrons. The molecule has 24 nitrogen and oxygen atoms in total. The van der Waals surface area contributed by atoms with Crippen molar-refractivity contribution in [1.29, 1.82) is 0 Å². The third kappa shape index (κ3) is 11.0. The first-order chi connectivity index (χ1) is 33.4. The summed E-state index contributed by atoms with van der Waals surface area (Å²) in [5.41, 5.74) is -0.682. The topological polar surface area (TPSA) is 356 Å². The Morgan fingerprint density at radius 3 is 1.51 bits per heavy atom. The van der Waals surface area contributed by atoms with Gasteiger partial charge >= 0.3 is 18.2 Å². The van der Waals surface area contributed by atoms with E-state index in [1.165, 1.54) is 0 Å². The van der Waals surface area contributed by atoms with Crippen LogP contribution in [0.2, 0.25) is 13.1 Å². The van der Waals surface area contributed by atoms with Crippen LogP contribution in [-0.4, -0.2) is 98.4 Å². The summed E-state index contributed by atoms with van der Waals surface area (Å²) in [5.74, 6) is -3.80. The number of nitro benzene ring substituents is 2. The van der Waals surface area contributed by atoms with Crippen molar-refractivity contribution < 1.29 is 74.0 Å². The number of nitrogens with one attached hydrogen (secondary N) is 4. The van der Waals surface area contributed by atoms with Crippen molar-refractivity contribution in [1.82, 2.24) is 10.6 Å². The quantitative estimate of drug-likeness (QED) is 0.0204. The molecule has 0 saturated heterocycles. The zero-order valence-electron chi connectivity index (χ0n) is 37.1. The SMILES string of the molecule is C[Si]1(C)c2cc(NC(=O)OCc3cc(C(=O)NCCS(=O)(=O)O)ccc3[N+](=O)[O-])ccc2C2(OC(=O)c3ccccc32)c2ccc(NC(=O)OCc3cc(C(=O)NCCS(=O)(=O)O)ccc3[N+](=O)[O-])cc21. The Kier molecular flexibility index (Phi) is 14.1. The minimum atomic E-state index is -4.38. The zero-order chi connectivity index (χ0) is 51.6. The number of carbonyl (C=O) groups is 5. The molecule has 0 fully saturated rings. The van der Waals surface area contributed by atoms with E-state index in [9.17, 15) is 61.0 Å². The van der Waals surface area contributed by atoms with E-state index in [0.29, 0.717) is 32.6 Å². The van der Waals surface area contributed by atoms with Gasteiger partial charge < -0.3 is 24.8 Å². The summed E-state index contributed by atoms with van der Waals surface area (Å²) in [7, 11) is -11.8. The summed E-state index contributed by atoms with van der Waals surface area (Å²) in [6.07, 6.45) is -2.10. The zero-order valence-corrected chi connectivity index (χ0v) is 39.8. The molecule has 6 N–H and O–H groups in total. The molecule has 2 aliphatic heterocycles. The van der Waals surface area contributed by atoms with Crippen LogP contribution in [0.1, 0.15) is 58.9 Å². The van der Waals surface area contributed by atoms with E-state index >= 15 is 0 Å². The lowest BCUT2D eigenvalue weighted by Gasteiger charge is -2.44. The van der Waals surface area contributed by atoms with Crippen molar-refractivity contribution in [2.45, 2.75) is 31.9 Å². The molecule has 0 radical (unpaired) electrons. The highest BCUT2D eigenvalue weighted by atomic mass is 32.2. The van der Waals surface area contributed by atoms with Crippen LogP contribution in [0.5, 0.6) is 0 Å². The van der Waals surface area contributed by atoms with Crippen molar-refractivity contribution in [3.8, 4) is 0 Å². The van der Waals surface area contributed by atoms with Crippen LogP contribution < -0.4 is 31.6 Å². The maximum Gasteiger partial charge on any atom is 0.411 e. The molecule has 0 saturated carbocycles. The summed E-state index contributed by atoms with van der Waals surface area (Å²) in [5, 5.41) is 34.8. The number of hydrogen-bond donors (Lipinski definition) is 6. The van der Waals surface area contributed by atoms with Crippen molar-refractivity contribution in [3.63, 3.8) is 0 Å². The van der Waals surface area contributed by atoms with Gasteiger partial charge in [-0.2, -0.15) is 16.8 Å². The molecular weight excluding hydrogens is 993 g/mol. The molecule has 0 bridgehead atoms. The van der Waals surface area contributed by atoms with Gasteiger partial charge in [0.2, 0.25) is 0 Å². The van der Waals surface area contributed by atoms with Gasteiger partial charge in [0, 0.05) is 64.4 Å². The maximum absolute atomic E-state index is 13.6. The number of carbonyl (C=O) groups excluding carboxylic acids is 5. The lowest BCUT2D eigenvalue weighted by Crippen LogP contribution is -2.63. The predicted molar refractivity (Wildman–Crippen MR) is 253 cm³/mol. The fraction of sp³-hybridized carbons (Fsp3) is 0.205. The van der Waals surface area contributed by atoms with E-state index in [2.05, 4.69) is 21.3 Å². The highest BCUT2D eigenvalue weighted by Gasteiger charge is 2.56. The Morgan fingerprint density at radius 1 is 0.648 bits per heavy atom. The Balaban J connectivity index is 1.13. The Bertz CT molecular complexity index is 3130. The van der Waals surface area contributed by atoms with Crippen LogP contribution >= 0.6 is 0 Å². The predicted octanol–water partition coefficient (Wildman–Crippen LogP) is 3.83. The number of ether oxygens (including phenoxy) is 3. The first kappa shape index (κ1) is 50.8. The van der Waals surface area contributed by atoms with Gasteiger partial charge in [0.25, 0.3) is 43.4 Å². The van der Waals surface area contributed by atoms with Crippen LogP contribution in [-0.2, 0) is 53.3 Å². The molecule has 4 amide bonds. The summed E-state index contributed by atoms with van der Waals surface area (Å²) in [6.45, 7) is 1.68. The first-order valence-electron chi connectivity index (χ1n) is 20.9. The normalized spacial score (nSPS) is 13.9. The largest absolute Gasteiger partial charge is 0.444 e. The number of rotatable bonds is 16. The molecule has 7 rings (SSSR count). The fourth-order valence-corrected chi connectivity index (χ4v) is 12.1. The van der Waals surface area contributed by atoms with Gasteiger partial charge in [0.1, 0.15) is 21.3 Å². The van der Waals surface area contributed by atoms with Gasteiger partial charge in [0.15, 0.2) is 5.60 Å². The lowest BCUT2D eigenvalue weighted by atomic mass is 9.79. The first-order valence-corrected chi connectivity index (χ1v) is 27.1. The fourth-order valence-electron chi connectivity index (χ4n) is 8.23. The standard InChI is InChI=1S/C44H40N6O18S2Si/c1-71(2)37-21-29(47-42(54)66-23-27-19-25(7-13-35(27)49(56)57)39(51)45-15-17-69(60,61)62)9-11-33(37)44(32-6-4-3-5-31(32)41(53)68-44)34-12-10-30(22-38(34)71)48-43(55)67-24-28-20-26(8-14-36(28)50(58)59)40(52)46-16-18-70(63,64)65/h3-14,19-22H,15-18,23-24H2,1-2H3,(H,45,51)(H,46,52)(H,47,54)(H,48,55)(H,60,61,62)(H,63,64,65). The minimum Gasteiger partial charge on any atom is -0.444 e. The Labute approximate surface area is 403 Å². The third-order valence-corrected chi connectivity index (χ3v) is 16.5. The van der Waals surface area contributed by atoms with E-state index in [1.807, 2.05) is 13.1 Å². The van der Waals surface area contributed by atoms with Crippen LogP contribution in [0.3, 0.4) is 0 Å². The summed E-state index contributed by atoms with van der Waals surface area (Å²) in [6, 6.07) is 23.1. The Morgan fingerprint density at radius 2 is 1.08 bits per heavy atom. The summed E-state index contributed by atoms with van der Waals surface area (Å²) < 4.78 is 79.2. The molecule has 5 aromatic rings. The van der Waals surface area contributed by atoms with Crippen molar-refractivity contribution >= 4 is 91.4 Å². The van der Waals surface area contributed by atoms with E-state index < -0.39 is 123 Å². The number of nitrogens with zero attached hydrogens (tertiary/aromatic N) is 2. The number of nitro groups is 2. The molecule has 1 spiro atoms. The minimum absolute atomic E-state index is 0.123. The van der Waals surface area contributed by atoms with E-state index in [1.54, 1.807) is 60.7 Å². The average Bonchev–Trinajstić information content (AvgIpc) is 3.60. The molecule has 5 aromatic carbocycles. The van der Waals surface area contributed by atoms with Gasteiger partial charge in [-0.1, -0.05) is 43.4 Å². The molecule has 0 aromatic heterocycles. The van der Waals surface area contributed by atoms with Gasteiger partial charge in [0.05, 0.1) is 38.0 Å². The number of esters is 1. The lowest BCUT2D eigenvalue weighted by molar-refractivity contribution is -0.386. The third-order valence-electron chi connectivity index (χ3n) is 11.5. The molecule has 0 aliphatic carbocycles. The van der Waals surface area contributed by atoms with Crippen molar-refractivity contribution in [3.05, 3.63) is 162 Å². The van der Waals surface area contributed by atoms with E-state index in [0.717, 1.165) is 36.4 Å². The summed E-state index contributed by atoms with van der Waals surface area (Å²) in [4.78, 5) is 87.6. The molecule has 2 heterocycles. The maximum atomic E-state index is 13.6. The van der Waals surface area contributed by atoms with E-state index in [-0.39, 0.29) is 33.6 Å². The number of amides is 4. The van der Waals surface area contributed by atoms with Gasteiger partial charge in [-0.25, -0.2) is 14.4 Å². The number of fused-ring (bicyclic) bond motifs is 6. The average molecular weight is 1030 g/mol. The molecule has 2 aliphatic rings. The van der Waals surface area contributed by atoms with E-state index in [4.69, 9.17) is 23.3 Å². The van der Waals surface area contributed by atoms with Crippen LogP contribution in [0.4, 0.5) is 32.3 Å². The van der Waals surface area contributed by atoms with Crippen LogP contribution in [0, 0.1) is 20.2 Å². The highest BCUT2D eigenvalue weighted by molar-refractivity contribution is 7.86. The molecule has 71 heavy (non-hydrogen) atoms. The van der Waals surface area contributed by atoms with Crippen molar-refractivity contribution in [2.75, 3.05) is 35.2 Å². The Hall–Kier alpha value is -8.11. The molecule has 0 atom stereocenters.